The average molecular weight is 300 g/mol. The van der Waals surface area contributed by atoms with Crippen LogP contribution >= 0.6 is 0 Å². The number of aromatic nitrogens is 2. The van der Waals surface area contributed by atoms with Crippen LogP contribution in [0.3, 0.4) is 0 Å². The third kappa shape index (κ3) is 2.80. The molecule has 8 nitrogen and oxygen atoms in total. The van der Waals surface area contributed by atoms with Gasteiger partial charge >= 0.3 is 0 Å². The Hall–Kier alpha value is -3.16. The van der Waals surface area contributed by atoms with Crippen LogP contribution < -0.4 is 5.32 Å². The molecule has 0 saturated carbocycles. The maximum atomic E-state index is 11.9. The van der Waals surface area contributed by atoms with Crippen molar-refractivity contribution in [1.29, 1.82) is 0 Å². The van der Waals surface area contributed by atoms with Crippen LogP contribution in [0.25, 0.3) is 10.9 Å². The second-order valence-electron chi connectivity index (χ2n) is 4.66. The lowest BCUT2D eigenvalue weighted by molar-refractivity contribution is -0.384. The first-order chi connectivity index (χ1) is 10.6. The molecule has 0 fully saturated rings. The average Bonchev–Trinajstić information content (AvgIpc) is 3.14. The van der Waals surface area contributed by atoms with Crippen LogP contribution in [0.5, 0.6) is 0 Å². The highest BCUT2D eigenvalue weighted by atomic mass is 16.6. The molecule has 0 bridgehead atoms. The van der Waals surface area contributed by atoms with Gasteiger partial charge in [0.2, 0.25) is 5.91 Å². The van der Waals surface area contributed by atoms with Gasteiger partial charge in [-0.1, -0.05) is 0 Å². The van der Waals surface area contributed by atoms with Crippen LogP contribution in [0.15, 0.2) is 47.2 Å². The molecule has 22 heavy (non-hydrogen) atoms. The Balaban J connectivity index is 1.71. The van der Waals surface area contributed by atoms with Gasteiger partial charge in [0, 0.05) is 17.5 Å². The van der Waals surface area contributed by atoms with Crippen molar-refractivity contribution in [2.45, 2.75) is 13.1 Å². The topological polar surface area (TPSA) is 103 Å². The summed E-state index contributed by atoms with van der Waals surface area (Å²) in [7, 11) is 0. The monoisotopic (exact) mass is 300 g/mol. The number of nitrogens with zero attached hydrogens (tertiary/aromatic N) is 3. The number of hydrogen-bond acceptors (Lipinski definition) is 5. The van der Waals surface area contributed by atoms with Crippen molar-refractivity contribution < 1.29 is 14.1 Å². The molecule has 1 aromatic carbocycles. The van der Waals surface area contributed by atoms with Crippen LogP contribution in [0.4, 0.5) is 5.69 Å². The van der Waals surface area contributed by atoms with Crippen molar-refractivity contribution in [2.75, 3.05) is 0 Å². The molecule has 0 atom stereocenters. The third-order valence-corrected chi connectivity index (χ3v) is 3.17. The lowest BCUT2D eigenvalue weighted by Gasteiger charge is -2.05. The van der Waals surface area contributed by atoms with Gasteiger partial charge in [-0.05, 0) is 18.2 Å². The molecule has 0 aliphatic carbocycles. The Labute approximate surface area is 124 Å². The molecule has 0 saturated heterocycles. The quantitative estimate of drug-likeness (QED) is 0.572. The zero-order valence-corrected chi connectivity index (χ0v) is 11.4. The van der Waals surface area contributed by atoms with Crippen molar-refractivity contribution in [2.24, 2.45) is 0 Å². The Morgan fingerprint density at radius 3 is 3.00 bits per heavy atom. The molecule has 0 spiro atoms. The van der Waals surface area contributed by atoms with E-state index in [2.05, 4.69) is 10.4 Å². The summed E-state index contributed by atoms with van der Waals surface area (Å²) in [5.41, 5.74) is 0.660. The van der Waals surface area contributed by atoms with Gasteiger partial charge in [-0.3, -0.25) is 19.6 Å². The Morgan fingerprint density at radius 2 is 2.27 bits per heavy atom. The van der Waals surface area contributed by atoms with Gasteiger partial charge in [0.25, 0.3) is 5.69 Å². The number of furan rings is 1. The number of benzene rings is 1. The van der Waals surface area contributed by atoms with Crippen LogP contribution in [0.1, 0.15) is 5.76 Å². The summed E-state index contributed by atoms with van der Waals surface area (Å²) in [4.78, 5) is 22.2. The fourth-order valence-corrected chi connectivity index (χ4v) is 2.10. The molecule has 0 radical (unpaired) electrons. The van der Waals surface area contributed by atoms with Gasteiger partial charge in [0.15, 0.2) is 0 Å². The van der Waals surface area contributed by atoms with E-state index < -0.39 is 4.92 Å². The smallest absolute Gasteiger partial charge is 0.270 e. The van der Waals surface area contributed by atoms with Gasteiger partial charge < -0.3 is 9.73 Å². The summed E-state index contributed by atoms with van der Waals surface area (Å²) in [6.07, 6.45) is 3.04. The fourth-order valence-electron chi connectivity index (χ4n) is 2.10. The highest BCUT2D eigenvalue weighted by Gasteiger charge is 2.11. The number of hydrogen-bond donors (Lipinski definition) is 1. The number of nitro benzene ring substituents is 1. The van der Waals surface area contributed by atoms with Crippen molar-refractivity contribution in [3.63, 3.8) is 0 Å². The number of non-ortho nitro benzene ring substituents is 1. The zero-order valence-electron chi connectivity index (χ0n) is 11.4. The Morgan fingerprint density at radius 1 is 1.41 bits per heavy atom. The summed E-state index contributed by atoms with van der Waals surface area (Å²) in [5.74, 6) is 0.439. The standard InChI is InChI=1S/C14H12N4O4/c19-14(15-8-12-2-1-5-22-12)9-17-13-4-3-11(18(20)21)6-10(13)7-16-17/h1-7H,8-9H2,(H,15,19). The van der Waals surface area contributed by atoms with E-state index in [-0.39, 0.29) is 18.1 Å². The lowest BCUT2D eigenvalue weighted by Crippen LogP contribution is -2.27. The SMILES string of the molecule is O=C(Cn1ncc2cc([N+](=O)[O-])ccc21)NCc1ccco1. The number of carbonyl (C=O) groups excluding carboxylic acids is 1. The van der Waals surface area contributed by atoms with Crippen LogP contribution in [-0.2, 0) is 17.9 Å². The number of fused-ring (bicyclic) bond motifs is 1. The van der Waals surface area contributed by atoms with E-state index in [9.17, 15) is 14.9 Å². The maximum Gasteiger partial charge on any atom is 0.270 e. The van der Waals surface area contributed by atoms with Crippen molar-refractivity contribution in [3.05, 3.63) is 58.7 Å². The highest BCUT2D eigenvalue weighted by molar-refractivity contribution is 5.83. The van der Waals surface area contributed by atoms with E-state index in [1.54, 1.807) is 18.2 Å². The first kappa shape index (κ1) is 13.8. The summed E-state index contributed by atoms with van der Waals surface area (Å²) in [6, 6.07) is 7.92. The molecule has 2 aromatic heterocycles. The molecular weight excluding hydrogens is 288 g/mol. The minimum Gasteiger partial charge on any atom is -0.467 e. The van der Waals surface area contributed by atoms with Crippen molar-refractivity contribution in [1.82, 2.24) is 15.1 Å². The predicted octanol–water partition coefficient (Wildman–Crippen LogP) is 1.85. The summed E-state index contributed by atoms with van der Waals surface area (Å²) in [6.45, 7) is 0.332. The van der Waals surface area contributed by atoms with Crippen LogP contribution in [-0.4, -0.2) is 20.6 Å². The number of amides is 1. The molecule has 1 amide bonds. The Kier molecular flexibility index (Phi) is 3.57. The van der Waals surface area contributed by atoms with E-state index >= 15 is 0 Å². The molecule has 8 heteroatoms. The molecule has 112 valence electrons. The maximum absolute atomic E-state index is 11.9. The van der Waals surface area contributed by atoms with Gasteiger partial charge in [0.1, 0.15) is 12.3 Å². The van der Waals surface area contributed by atoms with E-state index in [1.807, 2.05) is 0 Å². The number of carbonyl (C=O) groups is 1. The van der Waals surface area contributed by atoms with Crippen molar-refractivity contribution >= 4 is 22.5 Å². The van der Waals surface area contributed by atoms with Crippen molar-refractivity contribution in [3.8, 4) is 0 Å². The third-order valence-electron chi connectivity index (χ3n) is 3.17. The van der Waals surface area contributed by atoms with Crippen LogP contribution in [0, 0.1) is 10.1 Å². The second kappa shape index (κ2) is 5.68. The molecule has 1 N–H and O–H groups in total. The second-order valence-corrected chi connectivity index (χ2v) is 4.66. The van der Waals surface area contributed by atoms with Gasteiger partial charge in [-0.25, -0.2) is 0 Å². The van der Waals surface area contributed by atoms with E-state index in [4.69, 9.17) is 4.42 Å². The van der Waals surface area contributed by atoms with Gasteiger partial charge in [0.05, 0.1) is 29.4 Å². The summed E-state index contributed by atoms with van der Waals surface area (Å²) < 4.78 is 6.62. The largest absolute Gasteiger partial charge is 0.467 e. The predicted molar refractivity (Wildman–Crippen MR) is 76.9 cm³/mol. The molecule has 0 aliphatic rings. The highest BCUT2D eigenvalue weighted by Crippen LogP contribution is 2.20. The molecule has 3 aromatic rings. The zero-order chi connectivity index (χ0) is 15.5. The van der Waals surface area contributed by atoms with Crippen LogP contribution in [0.2, 0.25) is 0 Å². The number of nitrogens with one attached hydrogen (secondary N) is 1. The first-order valence-corrected chi connectivity index (χ1v) is 6.52. The molecular formula is C14H12N4O4. The Bertz CT molecular complexity index is 823. The number of rotatable bonds is 5. The molecule has 3 rings (SSSR count). The lowest BCUT2D eigenvalue weighted by atomic mass is 10.2. The van der Waals surface area contributed by atoms with Gasteiger partial charge in [-0.2, -0.15) is 5.10 Å². The normalized spacial score (nSPS) is 10.7. The minimum atomic E-state index is -0.465. The molecule has 2 heterocycles. The molecule has 0 aliphatic heterocycles. The molecule has 0 unspecified atom stereocenters. The van der Waals surface area contributed by atoms with E-state index in [0.717, 1.165) is 0 Å². The summed E-state index contributed by atoms with van der Waals surface area (Å²) in [5, 5.41) is 18.2. The summed E-state index contributed by atoms with van der Waals surface area (Å²) >= 11 is 0. The van der Waals surface area contributed by atoms with E-state index in [1.165, 1.54) is 29.3 Å². The van der Waals surface area contributed by atoms with E-state index in [0.29, 0.717) is 23.2 Å². The fraction of sp³-hybridized carbons (Fsp3) is 0.143. The number of nitro groups is 1. The first-order valence-electron chi connectivity index (χ1n) is 6.52. The minimum absolute atomic E-state index is 0.00526. The van der Waals surface area contributed by atoms with Gasteiger partial charge in [-0.15, -0.1) is 0 Å².